The highest BCUT2D eigenvalue weighted by molar-refractivity contribution is 6.30. The van der Waals surface area contributed by atoms with Crippen LogP contribution in [0.25, 0.3) is 0 Å². The first kappa shape index (κ1) is 14.4. The lowest BCUT2D eigenvalue weighted by molar-refractivity contribution is 0.205. The van der Waals surface area contributed by atoms with Crippen LogP contribution in [0.4, 0.5) is 0 Å². The Bertz CT molecular complexity index is 423. The molecule has 2 fully saturated rings. The normalized spacial score (nSPS) is 23.1. The summed E-state index contributed by atoms with van der Waals surface area (Å²) in [5, 5.41) is 4.32. The summed E-state index contributed by atoms with van der Waals surface area (Å²) in [6, 6.07) is 8.56. The number of halogens is 1. The van der Waals surface area contributed by atoms with Crippen LogP contribution in [0, 0.1) is 5.92 Å². The molecule has 0 aromatic heterocycles. The van der Waals surface area contributed by atoms with Gasteiger partial charge in [-0.3, -0.25) is 0 Å². The van der Waals surface area contributed by atoms with Gasteiger partial charge in [0.25, 0.3) is 0 Å². The first-order valence-corrected chi connectivity index (χ1v) is 8.39. The predicted molar refractivity (Wildman–Crippen MR) is 85.5 cm³/mol. The molecule has 1 saturated heterocycles. The van der Waals surface area contributed by atoms with Crippen molar-refractivity contribution in [2.24, 2.45) is 5.92 Å². The minimum atomic E-state index is 0.661. The Morgan fingerprint density at radius 3 is 2.65 bits per heavy atom. The SMILES string of the molecule is Clc1cccc([C@@H](CN2CCNCC2)C2CCCC2)c1. The van der Waals surface area contributed by atoms with Gasteiger partial charge < -0.3 is 10.2 Å². The van der Waals surface area contributed by atoms with Gasteiger partial charge in [-0.05, 0) is 42.4 Å². The fraction of sp³-hybridized carbons (Fsp3) is 0.647. The zero-order chi connectivity index (χ0) is 13.8. The number of rotatable bonds is 4. The monoisotopic (exact) mass is 292 g/mol. The molecule has 0 bridgehead atoms. The number of nitrogens with zero attached hydrogens (tertiary/aromatic N) is 1. The number of hydrogen-bond acceptors (Lipinski definition) is 2. The van der Waals surface area contributed by atoms with E-state index in [1.54, 1.807) is 0 Å². The van der Waals surface area contributed by atoms with Crippen LogP contribution in [-0.2, 0) is 0 Å². The third kappa shape index (κ3) is 3.55. The smallest absolute Gasteiger partial charge is 0.0408 e. The van der Waals surface area contributed by atoms with E-state index in [1.165, 1.54) is 50.9 Å². The molecule has 1 aromatic rings. The van der Waals surface area contributed by atoms with E-state index in [0.29, 0.717) is 5.92 Å². The molecular formula is C17H25ClN2. The molecule has 3 heteroatoms. The maximum atomic E-state index is 6.21. The molecule has 1 heterocycles. The van der Waals surface area contributed by atoms with Gasteiger partial charge in [0.15, 0.2) is 0 Å². The van der Waals surface area contributed by atoms with Crippen molar-refractivity contribution in [3.63, 3.8) is 0 Å². The number of hydrogen-bond donors (Lipinski definition) is 1. The maximum absolute atomic E-state index is 6.21. The Kier molecular flexibility index (Phi) is 4.98. The van der Waals surface area contributed by atoms with E-state index in [4.69, 9.17) is 11.6 Å². The highest BCUT2D eigenvalue weighted by Crippen LogP contribution is 2.38. The quantitative estimate of drug-likeness (QED) is 0.913. The van der Waals surface area contributed by atoms with Crippen LogP contribution in [0.3, 0.4) is 0 Å². The summed E-state index contributed by atoms with van der Waals surface area (Å²) >= 11 is 6.21. The Balaban J connectivity index is 1.75. The first-order chi connectivity index (χ1) is 9.83. The molecule has 0 radical (unpaired) electrons. The van der Waals surface area contributed by atoms with Crippen molar-refractivity contribution in [3.8, 4) is 0 Å². The van der Waals surface area contributed by atoms with Crippen LogP contribution < -0.4 is 5.32 Å². The Hall–Kier alpha value is -0.570. The number of nitrogens with one attached hydrogen (secondary N) is 1. The van der Waals surface area contributed by atoms with Gasteiger partial charge in [0.1, 0.15) is 0 Å². The molecule has 1 atom stereocenters. The standard InChI is InChI=1S/C17H25ClN2/c18-16-7-3-6-15(12-16)17(14-4-1-2-5-14)13-20-10-8-19-9-11-20/h3,6-7,12,14,17,19H,1-2,4-5,8-11,13H2/t17-/m0/s1. The molecule has 3 rings (SSSR count). The minimum absolute atomic E-state index is 0.661. The molecule has 0 spiro atoms. The molecule has 1 N–H and O–H groups in total. The van der Waals surface area contributed by atoms with E-state index in [0.717, 1.165) is 24.0 Å². The highest BCUT2D eigenvalue weighted by Gasteiger charge is 2.28. The number of piperazine rings is 1. The Labute approximate surface area is 127 Å². The van der Waals surface area contributed by atoms with Crippen molar-refractivity contribution in [1.82, 2.24) is 10.2 Å². The van der Waals surface area contributed by atoms with E-state index < -0.39 is 0 Å². The zero-order valence-electron chi connectivity index (χ0n) is 12.2. The van der Waals surface area contributed by atoms with Crippen molar-refractivity contribution in [1.29, 1.82) is 0 Å². The van der Waals surface area contributed by atoms with E-state index in [9.17, 15) is 0 Å². The van der Waals surface area contributed by atoms with Gasteiger partial charge in [0.05, 0.1) is 0 Å². The second-order valence-electron chi connectivity index (χ2n) is 6.26. The van der Waals surface area contributed by atoms with Gasteiger partial charge in [-0.2, -0.15) is 0 Å². The lowest BCUT2D eigenvalue weighted by Gasteiger charge is -2.33. The second kappa shape index (κ2) is 6.93. The average Bonchev–Trinajstić information content (AvgIpc) is 3.00. The van der Waals surface area contributed by atoms with Crippen LogP contribution in [-0.4, -0.2) is 37.6 Å². The highest BCUT2D eigenvalue weighted by atomic mass is 35.5. The van der Waals surface area contributed by atoms with Crippen LogP contribution in [0.5, 0.6) is 0 Å². The fourth-order valence-corrected chi connectivity index (χ4v) is 3.99. The van der Waals surface area contributed by atoms with Gasteiger partial charge in [-0.15, -0.1) is 0 Å². The molecule has 0 unspecified atom stereocenters. The van der Waals surface area contributed by atoms with Crippen molar-refractivity contribution in [3.05, 3.63) is 34.9 Å². The third-order valence-electron chi connectivity index (χ3n) is 4.91. The van der Waals surface area contributed by atoms with Crippen LogP contribution in [0.15, 0.2) is 24.3 Å². The van der Waals surface area contributed by atoms with Crippen molar-refractivity contribution < 1.29 is 0 Å². The van der Waals surface area contributed by atoms with Crippen molar-refractivity contribution in [2.75, 3.05) is 32.7 Å². The summed E-state index contributed by atoms with van der Waals surface area (Å²) in [5.41, 5.74) is 1.45. The predicted octanol–water partition coefficient (Wildman–Crippen LogP) is 3.52. The maximum Gasteiger partial charge on any atom is 0.0408 e. The van der Waals surface area contributed by atoms with Gasteiger partial charge in [0, 0.05) is 37.7 Å². The molecule has 1 aliphatic heterocycles. The summed E-state index contributed by atoms with van der Waals surface area (Å²) in [4.78, 5) is 2.63. The average molecular weight is 293 g/mol. The van der Waals surface area contributed by atoms with Crippen LogP contribution >= 0.6 is 11.6 Å². The molecule has 110 valence electrons. The summed E-state index contributed by atoms with van der Waals surface area (Å²) < 4.78 is 0. The molecule has 0 amide bonds. The van der Waals surface area contributed by atoms with Crippen molar-refractivity contribution in [2.45, 2.75) is 31.6 Å². The largest absolute Gasteiger partial charge is 0.314 e. The van der Waals surface area contributed by atoms with Gasteiger partial charge >= 0.3 is 0 Å². The zero-order valence-corrected chi connectivity index (χ0v) is 12.9. The summed E-state index contributed by atoms with van der Waals surface area (Å²) in [6.07, 6.45) is 5.60. The second-order valence-corrected chi connectivity index (χ2v) is 6.69. The first-order valence-electron chi connectivity index (χ1n) is 8.01. The van der Waals surface area contributed by atoms with E-state index >= 15 is 0 Å². The summed E-state index contributed by atoms with van der Waals surface area (Å²) in [6.45, 7) is 5.83. The minimum Gasteiger partial charge on any atom is -0.314 e. The number of benzene rings is 1. The molecule has 20 heavy (non-hydrogen) atoms. The molecule has 1 aliphatic carbocycles. The Morgan fingerprint density at radius 2 is 1.95 bits per heavy atom. The topological polar surface area (TPSA) is 15.3 Å². The summed E-state index contributed by atoms with van der Waals surface area (Å²) in [7, 11) is 0. The van der Waals surface area contributed by atoms with E-state index in [2.05, 4.69) is 28.4 Å². The van der Waals surface area contributed by atoms with Crippen molar-refractivity contribution >= 4 is 11.6 Å². The molecule has 2 aliphatic rings. The van der Waals surface area contributed by atoms with Gasteiger partial charge in [0.2, 0.25) is 0 Å². The van der Waals surface area contributed by atoms with E-state index in [-0.39, 0.29) is 0 Å². The summed E-state index contributed by atoms with van der Waals surface area (Å²) in [5.74, 6) is 1.51. The molecule has 1 aromatic carbocycles. The van der Waals surface area contributed by atoms with Crippen LogP contribution in [0.2, 0.25) is 5.02 Å². The lowest BCUT2D eigenvalue weighted by atomic mass is 9.84. The molecule has 1 saturated carbocycles. The molecule has 2 nitrogen and oxygen atoms in total. The van der Waals surface area contributed by atoms with E-state index in [1.807, 2.05) is 6.07 Å². The lowest BCUT2D eigenvalue weighted by Crippen LogP contribution is -2.45. The molecular weight excluding hydrogens is 268 g/mol. The van der Waals surface area contributed by atoms with Crippen LogP contribution in [0.1, 0.15) is 37.2 Å². The fourth-order valence-electron chi connectivity index (χ4n) is 3.80. The van der Waals surface area contributed by atoms with Gasteiger partial charge in [-0.1, -0.05) is 36.6 Å². The Morgan fingerprint density at radius 1 is 1.20 bits per heavy atom. The van der Waals surface area contributed by atoms with Gasteiger partial charge in [-0.25, -0.2) is 0 Å². The third-order valence-corrected chi connectivity index (χ3v) is 5.15.